The Bertz CT molecular complexity index is 667. The van der Waals surface area contributed by atoms with Gasteiger partial charge in [-0.2, -0.15) is 5.10 Å². The van der Waals surface area contributed by atoms with Crippen molar-refractivity contribution in [2.75, 3.05) is 0 Å². The molecule has 0 saturated carbocycles. The lowest BCUT2D eigenvalue weighted by atomic mass is 10.2. The van der Waals surface area contributed by atoms with E-state index in [0.717, 1.165) is 15.9 Å². The van der Waals surface area contributed by atoms with Crippen molar-refractivity contribution in [2.24, 2.45) is 7.05 Å². The van der Waals surface area contributed by atoms with Gasteiger partial charge in [0.25, 0.3) is 5.69 Å². The minimum absolute atomic E-state index is 0.0581. The molecule has 0 spiro atoms. The highest BCUT2D eigenvalue weighted by atomic mass is 79.9. The fourth-order valence-corrected chi connectivity index (χ4v) is 2.39. The monoisotopic (exact) mass is 339 g/mol. The summed E-state index contributed by atoms with van der Waals surface area (Å²) in [7, 11) is 1.83. The number of rotatable bonds is 4. The van der Waals surface area contributed by atoms with E-state index < -0.39 is 4.92 Å². The summed E-state index contributed by atoms with van der Waals surface area (Å²) in [5.41, 5.74) is 2.34. The summed E-state index contributed by atoms with van der Waals surface area (Å²) < 4.78 is 8.31. The normalized spacial score (nSPS) is 10.6. The summed E-state index contributed by atoms with van der Waals surface area (Å²) >= 11 is 3.46. The van der Waals surface area contributed by atoms with E-state index in [-0.39, 0.29) is 5.69 Å². The number of nitro benzene ring substituents is 1. The van der Waals surface area contributed by atoms with Crippen molar-refractivity contribution in [3.05, 3.63) is 49.7 Å². The second-order valence-electron chi connectivity index (χ2n) is 4.42. The maximum atomic E-state index is 10.9. The number of halogens is 1. The average Bonchev–Trinajstić information content (AvgIpc) is 2.62. The fourth-order valence-electron chi connectivity index (χ4n) is 1.94. The first-order chi connectivity index (χ1) is 9.41. The predicted octanol–water partition coefficient (Wildman–Crippen LogP) is 3.29. The minimum Gasteiger partial charge on any atom is -0.487 e. The number of benzene rings is 1. The smallest absolute Gasteiger partial charge is 0.276 e. The molecule has 0 aliphatic carbocycles. The standard InChI is InChI=1S/C13H14BrN3O3/c1-8-10(17(18)19)5-4-6-12(8)20-7-11-13(14)9(2)15-16(11)3/h4-6H,7H2,1-3H3. The Kier molecular flexibility index (Phi) is 4.08. The van der Waals surface area contributed by atoms with E-state index in [2.05, 4.69) is 21.0 Å². The second-order valence-corrected chi connectivity index (χ2v) is 5.21. The van der Waals surface area contributed by atoms with Gasteiger partial charge in [-0.05, 0) is 35.8 Å². The molecule has 1 heterocycles. The van der Waals surface area contributed by atoms with Gasteiger partial charge in [0.15, 0.2) is 0 Å². The highest BCUT2D eigenvalue weighted by Crippen LogP contribution is 2.28. The van der Waals surface area contributed by atoms with Crippen molar-refractivity contribution in [2.45, 2.75) is 20.5 Å². The molecule has 0 radical (unpaired) electrons. The summed E-state index contributed by atoms with van der Waals surface area (Å²) in [6, 6.07) is 4.80. The van der Waals surface area contributed by atoms with Gasteiger partial charge in [0.1, 0.15) is 12.4 Å². The van der Waals surface area contributed by atoms with E-state index in [1.807, 2.05) is 14.0 Å². The summed E-state index contributed by atoms with van der Waals surface area (Å²) in [5.74, 6) is 0.505. The van der Waals surface area contributed by atoms with Gasteiger partial charge in [-0.1, -0.05) is 6.07 Å². The van der Waals surface area contributed by atoms with Gasteiger partial charge in [0.05, 0.1) is 26.3 Å². The zero-order valence-electron chi connectivity index (χ0n) is 11.4. The Morgan fingerprint density at radius 1 is 1.45 bits per heavy atom. The molecule has 0 aliphatic heterocycles. The lowest BCUT2D eigenvalue weighted by Crippen LogP contribution is -2.05. The number of hydrogen-bond donors (Lipinski definition) is 0. The molecule has 0 amide bonds. The molecule has 2 aromatic rings. The molecule has 0 atom stereocenters. The molecule has 7 heteroatoms. The third-order valence-electron chi connectivity index (χ3n) is 3.08. The van der Waals surface area contributed by atoms with Crippen LogP contribution in [0.1, 0.15) is 17.0 Å². The van der Waals surface area contributed by atoms with Crippen LogP contribution in [-0.2, 0) is 13.7 Å². The van der Waals surface area contributed by atoms with Crippen LogP contribution in [0.5, 0.6) is 5.75 Å². The largest absolute Gasteiger partial charge is 0.487 e. The molecule has 0 aliphatic rings. The van der Waals surface area contributed by atoms with Crippen LogP contribution < -0.4 is 4.74 Å². The SMILES string of the molecule is Cc1nn(C)c(COc2cccc([N+](=O)[O-])c2C)c1Br. The van der Waals surface area contributed by atoms with Gasteiger partial charge in [-0.15, -0.1) is 0 Å². The van der Waals surface area contributed by atoms with Crippen molar-refractivity contribution in [1.82, 2.24) is 9.78 Å². The molecule has 1 aromatic heterocycles. The van der Waals surface area contributed by atoms with Crippen LogP contribution >= 0.6 is 15.9 Å². The summed E-state index contributed by atoms with van der Waals surface area (Å²) in [5, 5.41) is 15.2. The third-order valence-corrected chi connectivity index (χ3v) is 4.11. The molecule has 0 bridgehead atoms. The number of aromatic nitrogens is 2. The van der Waals surface area contributed by atoms with Crippen LogP contribution in [0.15, 0.2) is 22.7 Å². The predicted molar refractivity (Wildman–Crippen MR) is 77.8 cm³/mol. The van der Waals surface area contributed by atoms with Gasteiger partial charge in [0, 0.05) is 13.1 Å². The summed E-state index contributed by atoms with van der Waals surface area (Å²) in [6.45, 7) is 3.86. The van der Waals surface area contributed by atoms with E-state index >= 15 is 0 Å². The molecule has 0 N–H and O–H groups in total. The number of hydrogen-bond acceptors (Lipinski definition) is 4. The van der Waals surface area contributed by atoms with E-state index in [0.29, 0.717) is 17.9 Å². The highest BCUT2D eigenvalue weighted by Gasteiger charge is 2.16. The van der Waals surface area contributed by atoms with Gasteiger partial charge in [-0.3, -0.25) is 14.8 Å². The third kappa shape index (κ3) is 2.67. The lowest BCUT2D eigenvalue weighted by Gasteiger charge is -2.09. The first kappa shape index (κ1) is 14.5. The van der Waals surface area contributed by atoms with Gasteiger partial charge in [-0.25, -0.2) is 0 Å². The van der Waals surface area contributed by atoms with Gasteiger partial charge < -0.3 is 4.74 Å². The fraction of sp³-hybridized carbons (Fsp3) is 0.308. The van der Waals surface area contributed by atoms with Crippen molar-refractivity contribution in [3.8, 4) is 5.75 Å². The molecule has 20 heavy (non-hydrogen) atoms. The zero-order chi connectivity index (χ0) is 14.9. The lowest BCUT2D eigenvalue weighted by molar-refractivity contribution is -0.385. The maximum Gasteiger partial charge on any atom is 0.276 e. The van der Waals surface area contributed by atoms with Crippen LogP contribution in [0.25, 0.3) is 0 Å². The molecule has 2 rings (SSSR count). The van der Waals surface area contributed by atoms with Crippen molar-refractivity contribution in [3.63, 3.8) is 0 Å². The topological polar surface area (TPSA) is 70.2 Å². The Labute approximate surface area is 124 Å². The highest BCUT2D eigenvalue weighted by molar-refractivity contribution is 9.10. The summed E-state index contributed by atoms with van der Waals surface area (Å²) in [6.07, 6.45) is 0. The van der Waals surface area contributed by atoms with E-state index in [1.54, 1.807) is 23.7 Å². The van der Waals surface area contributed by atoms with Gasteiger partial charge >= 0.3 is 0 Å². The van der Waals surface area contributed by atoms with E-state index in [1.165, 1.54) is 6.07 Å². The quantitative estimate of drug-likeness (QED) is 0.633. The Balaban J connectivity index is 2.23. The number of nitro groups is 1. The molecule has 0 unspecified atom stereocenters. The first-order valence-corrected chi connectivity index (χ1v) is 6.76. The Morgan fingerprint density at radius 3 is 2.70 bits per heavy atom. The molecule has 106 valence electrons. The molecule has 6 nitrogen and oxygen atoms in total. The Morgan fingerprint density at radius 2 is 2.15 bits per heavy atom. The van der Waals surface area contributed by atoms with E-state index in [4.69, 9.17) is 4.74 Å². The summed E-state index contributed by atoms with van der Waals surface area (Å²) in [4.78, 5) is 10.5. The van der Waals surface area contributed by atoms with E-state index in [9.17, 15) is 10.1 Å². The zero-order valence-corrected chi connectivity index (χ0v) is 13.0. The molecular formula is C13H14BrN3O3. The van der Waals surface area contributed by atoms with Crippen LogP contribution in [0, 0.1) is 24.0 Å². The van der Waals surface area contributed by atoms with Gasteiger partial charge in [0.2, 0.25) is 0 Å². The number of ether oxygens (including phenoxy) is 1. The van der Waals surface area contributed by atoms with Crippen LogP contribution in [0.2, 0.25) is 0 Å². The minimum atomic E-state index is -0.410. The molecular weight excluding hydrogens is 326 g/mol. The molecule has 1 aromatic carbocycles. The molecule has 0 fully saturated rings. The number of nitrogens with zero attached hydrogens (tertiary/aromatic N) is 3. The first-order valence-electron chi connectivity index (χ1n) is 5.96. The number of aryl methyl sites for hydroxylation is 2. The van der Waals surface area contributed by atoms with Crippen LogP contribution in [0.4, 0.5) is 5.69 Å². The van der Waals surface area contributed by atoms with Crippen LogP contribution in [-0.4, -0.2) is 14.7 Å². The molecule has 0 saturated heterocycles. The van der Waals surface area contributed by atoms with Crippen molar-refractivity contribution >= 4 is 21.6 Å². The van der Waals surface area contributed by atoms with Crippen LogP contribution in [0.3, 0.4) is 0 Å². The maximum absolute atomic E-state index is 10.9. The Hall–Kier alpha value is -1.89. The average molecular weight is 340 g/mol. The second kappa shape index (κ2) is 5.62. The van der Waals surface area contributed by atoms with Crippen molar-refractivity contribution in [1.29, 1.82) is 0 Å². The van der Waals surface area contributed by atoms with Crippen molar-refractivity contribution < 1.29 is 9.66 Å².